The van der Waals surface area contributed by atoms with Crippen LogP contribution in [0, 0.1) is 5.82 Å². The van der Waals surface area contributed by atoms with Gasteiger partial charge < -0.3 is 5.32 Å². The zero-order chi connectivity index (χ0) is 14.7. The van der Waals surface area contributed by atoms with Crippen LogP contribution in [0.2, 0.25) is 0 Å². The minimum absolute atomic E-state index is 0.239. The number of nitrogens with one attached hydrogen (secondary N) is 1. The molecule has 0 saturated heterocycles. The van der Waals surface area contributed by atoms with Crippen LogP contribution in [-0.2, 0) is 6.54 Å². The van der Waals surface area contributed by atoms with E-state index in [2.05, 4.69) is 10.4 Å². The maximum atomic E-state index is 13.1. The van der Waals surface area contributed by atoms with Crippen LogP contribution in [0.1, 0.15) is 5.56 Å². The van der Waals surface area contributed by atoms with Crippen LogP contribution in [0.5, 0.6) is 0 Å². The Morgan fingerprint density at radius 1 is 1.05 bits per heavy atom. The number of hydrogen-bond donors (Lipinski definition) is 1. The molecule has 4 heteroatoms. The maximum absolute atomic E-state index is 13.1. The van der Waals surface area contributed by atoms with E-state index in [1.165, 1.54) is 12.1 Å². The Bertz CT molecular complexity index is 718. The second-order valence-corrected chi connectivity index (χ2v) is 4.82. The second-order valence-electron chi connectivity index (χ2n) is 4.82. The van der Waals surface area contributed by atoms with Gasteiger partial charge in [-0.2, -0.15) is 5.10 Å². The summed E-state index contributed by atoms with van der Waals surface area (Å²) in [7, 11) is 1.90. The van der Waals surface area contributed by atoms with Gasteiger partial charge in [-0.25, -0.2) is 9.07 Å². The van der Waals surface area contributed by atoms with Gasteiger partial charge in [-0.15, -0.1) is 0 Å². The maximum Gasteiger partial charge on any atom is 0.123 e. The molecule has 1 aromatic heterocycles. The number of rotatable bonds is 4. The Morgan fingerprint density at radius 3 is 2.43 bits per heavy atom. The molecule has 2 aromatic carbocycles. The van der Waals surface area contributed by atoms with Crippen molar-refractivity contribution in [3.63, 3.8) is 0 Å². The van der Waals surface area contributed by atoms with Gasteiger partial charge in [0.15, 0.2) is 0 Å². The van der Waals surface area contributed by atoms with E-state index in [-0.39, 0.29) is 5.82 Å². The van der Waals surface area contributed by atoms with Gasteiger partial charge in [0.1, 0.15) is 5.82 Å². The average molecular weight is 281 g/mol. The summed E-state index contributed by atoms with van der Waals surface area (Å²) in [5.74, 6) is -0.239. The SMILES string of the molecule is CNCc1cn(-c2ccccc2)nc1-c1ccc(F)cc1. The molecule has 3 aromatic rings. The Hall–Kier alpha value is -2.46. The van der Waals surface area contributed by atoms with Crippen molar-refractivity contribution in [2.75, 3.05) is 7.05 Å². The van der Waals surface area contributed by atoms with Crippen LogP contribution in [-0.4, -0.2) is 16.8 Å². The van der Waals surface area contributed by atoms with Crippen molar-refractivity contribution in [1.29, 1.82) is 0 Å². The Morgan fingerprint density at radius 2 is 1.76 bits per heavy atom. The molecule has 0 aliphatic heterocycles. The van der Waals surface area contributed by atoms with Gasteiger partial charge in [-0.1, -0.05) is 18.2 Å². The van der Waals surface area contributed by atoms with E-state index in [1.807, 2.05) is 48.3 Å². The van der Waals surface area contributed by atoms with Crippen molar-refractivity contribution >= 4 is 0 Å². The smallest absolute Gasteiger partial charge is 0.123 e. The van der Waals surface area contributed by atoms with E-state index >= 15 is 0 Å². The van der Waals surface area contributed by atoms with Crippen LogP contribution >= 0.6 is 0 Å². The summed E-state index contributed by atoms with van der Waals surface area (Å²) in [6.45, 7) is 0.708. The predicted octanol–water partition coefficient (Wildman–Crippen LogP) is 3.40. The standard InChI is InChI=1S/C17H16FN3/c1-19-11-14-12-21(16-5-3-2-4-6-16)20-17(14)13-7-9-15(18)10-8-13/h2-10,12,19H,11H2,1H3. The van der Waals surface area contributed by atoms with E-state index in [4.69, 9.17) is 0 Å². The summed E-state index contributed by atoms with van der Waals surface area (Å²) < 4.78 is 14.9. The fourth-order valence-electron chi connectivity index (χ4n) is 2.29. The third-order valence-corrected chi connectivity index (χ3v) is 3.30. The molecule has 106 valence electrons. The number of nitrogens with zero attached hydrogens (tertiary/aromatic N) is 2. The molecule has 0 spiro atoms. The first-order valence-electron chi connectivity index (χ1n) is 6.82. The molecule has 1 N–H and O–H groups in total. The molecule has 1 heterocycles. The molecule has 0 atom stereocenters. The lowest BCUT2D eigenvalue weighted by molar-refractivity contribution is 0.628. The predicted molar refractivity (Wildman–Crippen MR) is 81.7 cm³/mol. The molecule has 0 bridgehead atoms. The summed E-state index contributed by atoms with van der Waals surface area (Å²) in [6, 6.07) is 16.4. The minimum atomic E-state index is -0.239. The highest BCUT2D eigenvalue weighted by Crippen LogP contribution is 2.24. The van der Waals surface area contributed by atoms with Crippen molar-refractivity contribution in [3.05, 3.63) is 72.2 Å². The molecule has 21 heavy (non-hydrogen) atoms. The van der Waals surface area contributed by atoms with Gasteiger partial charge >= 0.3 is 0 Å². The second kappa shape index (κ2) is 5.89. The molecule has 0 fully saturated rings. The number of hydrogen-bond acceptors (Lipinski definition) is 2. The summed E-state index contributed by atoms with van der Waals surface area (Å²) in [5, 5.41) is 7.80. The normalized spacial score (nSPS) is 10.8. The van der Waals surface area contributed by atoms with E-state index in [1.54, 1.807) is 12.1 Å². The van der Waals surface area contributed by atoms with E-state index in [0.29, 0.717) is 6.54 Å². The number of halogens is 1. The minimum Gasteiger partial charge on any atom is -0.316 e. The molecular weight excluding hydrogens is 265 g/mol. The summed E-state index contributed by atoms with van der Waals surface area (Å²) in [5.41, 5.74) is 3.86. The highest BCUT2D eigenvalue weighted by Gasteiger charge is 2.11. The van der Waals surface area contributed by atoms with Crippen LogP contribution in [0.4, 0.5) is 4.39 Å². The molecule has 0 amide bonds. The van der Waals surface area contributed by atoms with Crippen molar-refractivity contribution in [3.8, 4) is 16.9 Å². The van der Waals surface area contributed by atoms with Crippen molar-refractivity contribution < 1.29 is 4.39 Å². The highest BCUT2D eigenvalue weighted by molar-refractivity contribution is 5.63. The van der Waals surface area contributed by atoms with Crippen LogP contribution in [0.3, 0.4) is 0 Å². The number of para-hydroxylation sites is 1. The zero-order valence-electron chi connectivity index (χ0n) is 11.8. The third-order valence-electron chi connectivity index (χ3n) is 3.30. The van der Waals surface area contributed by atoms with Gasteiger partial charge in [0.2, 0.25) is 0 Å². The Balaban J connectivity index is 2.06. The Kier molecular flexibility index (Phi) is 3.79. The molecule has 0 radical (unpaired) electrons. The average Bonchev–Trinajstić information content (AvgIpc) is 2.93. The van der Waals surface area contributed by atoms with Gasteiger partial charge in [-0.3, -0.25) is 0 Å². The molecule has 0 aliphatic rings. The lowest BCUT2D eigenvalue weighted by Crippen LogP contribution is -2.05. The molecule has 3 nitrogen and oxygen atoms in total. The first-order valence-corrected chi connectivity index (χ1v) is 6.82. The fraction of sp³-hybridized carbons (Fsp3) is 0.118. The zero-order valence-corrected chi connectivity index (χ0v) is 11.8. The lowest BCUT2D eigenvalue weighted by Gasteiger charge is -2.01. The lowest BCUT2D eigenvalue weighted by atomic mass is 10.1. The molecule has 0 unspecified atom stereocenters. The largest absolute Gasteiger partial charge is 0.316 e. The highest BCUT2D eigenvalue weighted by atomic mass is 19.1. The van der Waals surface area contributed by atoms with E-state index < -0.39 is 0 Å². The fourth-order valence-corrected chi connectivity index (χ4v) is 2.29. The van der Waals surface area contributed by atoms with E-state index in [9.17, 15) is 4.39 Å². The topological polar surface area (TPSA) is 29.9 Å². The first kappa shape index (κ1) is 13.5. The first-order chi connectivity index (χ1) is 10.3. The quantitative estimate of drug-likeness (QED) is 0.794. The summed E-state index contributed by atoms with van der Waals surface area (Å²) in [6.07, 6.45) is 2.00. The number of benzene rings is 2. The molecular formula is C17H16FN3. The van der Waals surface area contributed by atoms with Crippen LogP contribution < -0.4 is 5.32 Å². The summed E-state index contributed by atoms with van der Waals surface area (Å²) >= 11 is 0. The monoisotopic (exact) mass is 281 g/mol. The molecule has 3 rings (SSSR count). The van der Waals surface area contributed by atoms with Gasteiger partial charge in [0.05, 0.1) is 11.4 Å². The van der Waals surface area contributed by atoms with Crippen molar-refractivity contribution in [2.45, 2.75) is 6.54 Å². The molecule has 0 aliphatic carbocycles. The van der Waals surface area contributed by atoms with E-state index in [0.717, 1.165) is 22.5 Å². The van der Waals surface area contributed by atoms with Crippen molar-refractivity contribution in [2.24, 2.45) is 0 Å². The van der Waals surface area contributed by atoms with Gasteiger partial charge in [0.25, 0.3) is 0 Å². The van der Waals surface area contributed by atoms with Crippen molar-refractivity contribution in [1.82, 2.24) is 15.1 Å². The van der Waals surface area contributed by atoms with Crippen LogP contribution in [0.25, 0.3) is 16.9 Å². The molecule has 0 saturated carbocycles. The van der Waals surface area contributed by atoms with Gasteiger partial charge in [-0.05, 0) is 43.4 Å². The number of aromatic nitrogens is 2. The summed E-state index contributed by atoms with van der Waals surface area (Å²) in [4.78, 5) is 0. The van der Waals surface area contributed by atoms with Gasteiger partial charge in [0, 0.05) is 23.9 Å². The third kappa shape index (κ3) is 2.85. The Labute approximate surface area is 123 Å². The van der Waals surface area contributed by atoms with Crippen LogP contribution in [0.15, 0.2) is 60.8 Å².